The number of aryl methyl sites for hydroxylation is 1. The number of rotatable bonds is 12. The summed E-state index contributed by atoms with van der Waals surface area (Å²) >= 11 is 0. The lowest BCUT2D eigenvalue weighted by atomic mass is 10.1. The van der Waals surface area contributed by atoms with Gasteiger partial charge < -0.3 is 4.55 Å². The van der Waals surface area contributed by atoms with E-state index in [1.807, 2.05) is 6.92 Å². The number of hydrogen-bond donors (Lipinski definition) is 0. The van der Waals surface area contributed by atoms with Gasteiger partial charge in [0.05, 0.1) is 4.90 Å². The van der Waals surface area contributed by atoms with Crippen molar-refractivity contribution in [2.75, 3.05) is 5.75 Å². The van der Waals surface area contributed by atoms with Crippen LogP contribution in [0.2, 0.25) is 0 Å². The minimum absolute atomic E-state index is 0.178. The Kier molecular flexibility index (Phi) is 11.7. The Morgan fingerprint density at radius 2 is 1.39 bits per heavy atom. The Morgan fingerprint density at radius 3 is 1.90 bits per heavy atom. The normalized spacial score (nSPS) is 14.5. The van der Waals surface area contributed by atoms with E-state index < -0.39 is 10.1 Å². The summed E-state index contributed by atoms with van der Waals surface area (Å²) in [6, 6.07) is 17.1. The lowest BCUT2D eigenvalue weighted by Gasteiger charge is -2.07. The van der Waals surface area contributed by atoms with Crippen molar-refractivity contribution >= 4 is 21.0 Å². The summed E-state index contributed by atoms with van der Waals surface area (Å²) in [5.74, 6) is 1.45. The van der Waals surface area contributed by atoms with E-state index in [2.05, 4.69) is 37.3 Å². The zero-order valence-electron chi connectivity index (χ0n) is 19.1. The topological polar surface area (TPSA) is 57.2 Å². The van der Waals surface area contributed by atoms with E-state index in [0.29, 0.717) is 10.9 Å². The molecule has 2 aromatic carbocycles. The molecule has 0 aromatic heterocycles. The van der Waals surface area contributed by atoms with Gasteiger partial charge in [-0.2, -0.15) is 0 Å². The summed E-state index contributed by atoms with van der Waals surface area (Å²) < 4.78 is 31.2. The van der Waals surface area contributed by atoms with E-state index in [9.17, 15) is 13.0 Å². The predicted octanol–water partition coefficient (Wildman–Crippen LogP) is 6.87. The second kappa shape index (κ2) is 14.0. The van der Waals surface area contributed by atoms with E-state index >= 15 is 0 Å². The minimum atomic E-state index is -4.27. The van der Waals surface area contributed by atoms with Crippen LogP contribution < -0.4 is 0 Å². The minimum Gasteiger partial charge on any atom is -0.744 e. The van der Waals surface area contributed by atoms with Gasteiger partial charge in [0.15, 0.2) is 4.90 Å². The summed E-state index contributed by atoms with van der Waals surface area (Å²) in [4.78, 5) is 1.45. The maximum absolute atomic E-state index is 10.4. The molecule has 0 aliphatic heterocycles. The quantitative estimate of drug-likeness (QED) is 0.196. The van der Waals surface area contributed by atoms with E-state index in [-0.39, 0.29) is 4.90 Å². The average Bonchev–Trinajstić information content (AvgIpc) is 3.59. The van der Waals surface area contributed by atoms with Crippen LogP contribution in [0.5, 0.6) is 0 Å². The van der Waals surface area contributed by atoms with E-state index in [0.717, 1.165) is 10.8 Å². The fourth-order valence-electron chi connectivity index (χ4n) is 3.52. The first-order valence-electron chi connectivity index (χ1n) is 11.7. The van der Waals surface area contributed by atoms with Crippen molar-refractivity contribution in [3.63, 3.8) is 0 Å². The molecule has 2 aromatic rings. The Morgan fingerprint density at radius 1 is 0.839 bits per heavy atom. The average molecular weight is 463 g/mol. The lowest BCUT2D eigenvalue weighted by Crippen LogP contribution is -2.13. The fourth-order valence-corrected chi connectivity index (χ4v) is 6.67. The highest BCUT2D eigenvalue weighted by molar-refractivity contribution is 7.97. The summed E-state index contributed by atoms with van der Waals surface area (Å²) in [5, 5.41) is 1.03. The molecule has 0 heterocycles. The molecule has 0 radical (unpaired) electrons. The van der Waals surface area contributed by atoms with Gasteiger partial charge in [-0.15, -0.1) is 0 Å². The van der Waals surface area contributed by atoms with Crippen molar-refractivity contribution in [1.29, 1.82) is 0 Å². The van der Waals surface area contributed by atoms with Gasteiger partial charge in [0, 0.05) is 23.7 Å². The maximum Gasteiger partial charge on any atom is 0.155 e. The maximum atomic E-state index is 10.4. The van der Waals surface area contributed by atoms with Gasteiger partial charge in [-0.05, 0) is 44.0 Å². The van der Waals surface area contributed by atoms with Crippen molar-refractivity contribution in [3.8, 4) is 0 Å². The standard InChI is InChI=1S/C19H31S.C7H8O3S/c1-2-3-4-5-6-7-8-12-17-20(19-15-16-19)18-13-10-9-11-14-18;1-6-2-4-7(5-3-6)11(8,9)10/h9-11,13-14,19H,2-8,12,15-17H2,1H3;2-5H,1H3,(H,8,9,10)/q+1;/p-1. The molecule has 5 heteroatoms. The Labute approximate surface area is 192 Å². The van der Waals surface area contributed by atoms with Gasteiger partial charge in [0.1, 0.15) is 21.1 Å². The molecule has 0 N–H and O–H groups in total. The molecule has 172 valence electrons. The van der Waals surface area contributed by atoms with Crippen LogP contribution >= 0.6 is 0 Å². The van der Waals surface area contributed by atoms with Crippen LogP contribution in [0, 0.1) is 6.92 Å². The van der Waals surface area contributed by atoms with Gasteiger partial charge in [-0.25, -0.2) is 8.42 Å². The SMILES string of the molecule is CCCCCCCCCC[S+](c1ccccc1)C1CC1.Cc1ccc(S(=O)(=O)[O-])cc1. The van der Waals surface area contributed by atoms with Crippen molar-refractivity contribution in [2.24, 2.45) is 0 Å². The Balaban J connectivity index is 0.000000262. The van der Waals surface area contributed by atoms with Gasteiger partial charge in [-0.1, -0.05) is 81.3 Å². The highest BCUT2D eigenvalue weighted by Crippen LogP contribution is 2.36. The third kappa shape index (κ3) is 10.7. The first kappa shape index (κ1) is 26.0. The molecular weight excluding hydrogens is 424 g/mol. The third-order valence-electron chi connectivity index (χ3n) is 5.50. The van der Waals surface area contributed by atoms with Crippen molar-refractivity contribution in [3.05, 3.63) is 60.2 Å². The zero-order chi connectivity index (χ0) is 22.5. The molecule has 3 rings (SSSR count). The smallest absolute Gasteiger partial charge is 0.155 e. The lowest BCUT2D eigenvalue weighted by molar-refractivity contribution is 0.463. The molecular formula is C26H38O3S2. The van der Waals surface area contributed by atoms with Crippen LogP contribution in [-0.4, -0.2) is 24.0 Å². The number of hydrogen-bond acceptors (Lipinski definition) is 3. The molecule has 1 unspecified atom stereocenters. The first-order chi connectivity index (χ1) is 14.9. The molecule has 31 heavy (non-hydrogen) atoms. The van der Waals surface area contributed by atoms with Crippen LogP contribution in [0.25, 0.3) is 0 Å². The van der Waals surface area contributed by atoms with E-state index in [1.54, 1.807) is 17.0 Å². The molecule has 1 saturated carbocycles. The summed E-state index contributed by atoms with van der Waals surface area (Å²) in [7, 11) is -3.71. The molecule has 1 fully saturated rings. The second-order valence-corrected chi connectivity index (χ2v) is 12.2. The molecule has 0 saturated heterocycles. The molecule has 1 atom stereocenters. The van der Waals surface area contributed by atoms with Crippen LogP contribution in [0.15, 0.2) is 64.4 Å². The number of benzene rings is 2. The summed E-state index contributed by atoms with van der Waals surface area (Å²) in [6.07, 6.45) is 14.5. The second-order valence-electron chi connectivity index (χ2n) is 8.39. The van der Waals surface area contributed by atoms with E-state index in [4.69, 9.17) is 0 Å². The third-order valence-corrected chi connectivity index (χ3v) is 9.23. The molecule has 1 aliphatic carbocycles. The fraction of sp³-hybridized carbons (Fsp3) is 0.538. The van der Waals surface area contributed by atoms with Gasteiger partial charge in [0.2, 0.25) is 0 Å². The first-order valence-corrected chi connectivity index (χ1v) is 14.6. The number of unbranched alkanes of at least 4 members (excludes halogenated alkanes) is 7. The van der Waals surface area contributed by atoms with Crippen LogP contribution in [0.1, 0.15) is 76.7 Å². The van der Waals surface area contributed by atoms with Crippen LogP contribution in [0.4, 0.5) is 0 Å². The highest BCUT2D eigenvalue weighted by Gasteiger charge is 2.41. The predicted molar refractivity (Wildman–Crippen MR) is 132 cm³/mol. The van der Waals surface area contributed by atoms with Gasteiger partial charge >= 0.3 is 0 Å². The monoisotopic (exact) mass is 462 g/mol. The van der Waals surface area contributed by atoms with Gasteiger partial charge in [-0.3, -0.25) is 0 Å². The highest BCUT2D eigenvalue weighted by atomic mass is 32.2. The van der Waals surface area contributed by atoms with E-state index in [1.165, 1.54) is 82.1 Å². The largest absolute Gasteiger partial charge is 0.744 e. The van der Waals surface area contributed by atoms with Crippen LogP contribution in [-0.2, 0) is 21.0 Å². The van der Waals surface area contributed by atoms with Crippen LogP contribution in [0.3, 0.4) is 0 Å². The Hall–Kier alpha value is -1.30. The Bertz CT molecular complexity index is 829. The molecule has 0 bridgehead atoms. The van der Waals surface area contributed by atoms with Crippen molar-refractivity contribution in [2.45, 2.75) is 93.1 Å². The van der Waals surface area contributed by atoms with Gasteiger partial charge in [0.25, 0.3) is 0 Å². The van der Waals surface area contributed by atoms with Crippen molar-refractivity contribution in [1.82, 2.24) is 0 Å². The summed E-state index contributed by atoms with van der Waals surface area (Å²) in [5.41, 5.74) is 0.928. The molecule has 1 aliphatic rings. The molecule has 3 nitrogen and oxygen atoms in total. The molecule has 0 amide bonds. The molecule has 0 spiro atoms. The zero-order valence-corrected chi connectivity index (χ0v) is 20.7. The summed E-state index contributed by atoms with van der Waals surface area (Å²) in [6.45, 7) is 4.11. The van der Waals surface area contributed by atoms with Crippen molar-refractivity contribution < 1.29 is 13.0 Å².